The van der Waals surface area contributed by atoms with E-state index in [0.717, 1.165) is 18.8 Å². The van der Waals surface area contributed by atoms with Crippen molar-refractivity contribution in [2.75, 3.05) is 32.0 Å². The van der Waals surface area contributed by atoms with Crippen LogP contribution >= 0.6 is 0 Å². The predicted molar refractivity (Wildman–Crippen MR) is 75.2 cm³/mol. The van der Waals surface area contributed by atoms with Gasteiger partial charge in [0.2, 0.25) is 0 Å². The molecule has 0 N–H and O–H groups in total. The average molecular weight is 368 g/mol. The van der Waals surface area contributed by atoms with Crippen molar-refractivity contribution in [2.24, 2.45) is 0 Å². The zero-order chi connectivity index (χ0) is 16.9. The Kier molecular flexibility index (Phi) is 7.24. The van der Waals surface area contributed by atoms with Crippen LogP contribution in [0.1, 0.15) is 19.8 Å². The van der Waals surface area contributed by atoms with Gasteiger partial charge in [0.25, 0.3) is 30.4 Å². The van der Waals surface area contributed by atoms with Gasteiger partial charge < -0.3 is 0 Å². The molecule has 128 valence electrons. The van der Waals surface area contributed by atoms with Gasteiger partial charge in [-0.3, -0.25) is 12.5 Å². The summed E-state index contributed by atoms with van der Waals surface area (Å²) in [7, 11) is -11.2. The van der Waals surface area contributed by atoms with Crippen LogP contribution in [-0.2, 0) is 42.9 Å². The van der Waals surface area contributed by atoms with Crippen molar-refractivity contribution in [3.8, 4) is 0 Å². The first-order valence-corrected chi connectivity index (χ1v) is 11.2. The fourth-order valence-corrected chi connectivity index (χ4v) is 3.06. The van der Waals surface area contributed by atoms with Gasteiger partial charge in [0.1, 0.15) is 0 Å². The van der Waals surface area contributed by atoms with Gasteiger partial charge in [-0.15, -0.1) is 0 Å². The predicted octanol–water partition coefficient (Wildman–Crippen LogP) is -0.546. The normalized spacial score (nSPS) is 14.3. The molecule has 12 heteroatoms. The Morgan fingerprint density at radius 1 is 0.714 bits per heavy atom. The standard InChI is InChI=1S/C9H20O9S3/c1-9(18-21(4,14)15,5-7-16-19(2,10)11)6-8-17-20(3,12)13/h5-8H2,1-4H3. The molecule has 0 saturated carbocycles. The number of hydrogen-bond acceptors (Lipinski definition) is 9. The highest BCUT2D eigenvalue weighted by Gasteiger charge is 2.30. The van der Waals surface area contributed by atoms with E-state index in [2.05, 4.69) is 8.37 Å². The van der Waals surface area contributed by atoms with Crippen molar-refractivity contribution < 1.29 is 37.8 Å². The monoisotopic (exact) mass is 368 g/mol. The summed E-state index contributed by atoms with van der Waals surface area (Å²) in [5.41, 5.74) is -1.34. The third-order valence-electron chi connectivity index (χ3n) is 2.21. The number of hydrogen-bond donors (Lipinski definition) is 0. The molecule has 0 bridgehead atoms. The van der Waals surface area contributed by atoms with Gasteiger partial charge in [0, 0.05) is 12.8 Å². The smallest absolute Gasteiger partial charge is 0.264 e. The quantitative estimate of drug-likeness (QED) is 0.466. The second-order valence-electron chi connectivity index (χ2n) is 4.79. The van der Waals surface area contributed by atoms with E-state index in [1.807, 2.05) is 0 Å². The largest absolute Gasteiger partial charge is 0.270 e. The van der Waals surface area contributed by atoms with E-state index in [-0.39, 0.29) is 26.1 Å². The Morgan fingerprint density at radius 2 is 1.05 bits per heavy atom. The first-order valence-electron chi connectivity index (χ1n) is 5.71. The van der Waals surface area contributed by atoms with E-state index < -0.39 is 36.0 Å². The minimum absolute atomic E-state index is 0.0831. The van der Waals surface area contributed by atoms with Crippen LogP contribution in [-0.4, -0.2) is 62.8 Å². The van der Waals surface area contributed by atoms with Crippen LogP contribution in [0.25, 0.3) is 0 Å². The van der Waals surface area contributed by atoms with Crippen LogP contribution in [0.2, 0.25) is 0 Å². The lowest BCUT2D eigenvalue weighted by atomic mass is 9.99. The van der Waals surface area contributed by atoms with Crippen LogP contribution in [0.15, 0.2) is 0 Å². The molecular formula is C9H20O9S3. The zero-order valence-corrected chi connectivity index (χ0v) is 14.7. The van der Waals surface area contributed by atoms with E-state index in [0.29, 0.717) is 0 Å². The summed E-state index contributed by atoms with van der Waals surface area (Å²) in [4.78, 5) is 0. The third kappa shape index (κ3) is 13.1. The molecular weight excluding hydrogens is 348 g/mol. The summed E-state index contributed by atoms with van der Waals surface area (Å²) < 4.78 is 79.8. The van der Waals surface area contributed by atoms with E-state index in [1.54, 1.807) is 0 Å². The van der Waals surface area contributed by atoms with Gasteiger partial charge >= 0.3 is 0 Å². The molecule has 0 radical (unpaired) electrons. The highest BCUT2D eigenvalue weighted by Crippen LogP contribution is 2.23. The molecule has 0 fully saturated rings. The van der Waals surface area contributed by atoms with Gasteiger partial charge in [-0.05, 0) is 6.92 Å². The minimum Gasteiger partial charge on any atom is -0.270 e. The molecule has 9 nitrogen and oxygen atoms in total. The Labute approximate surface area is 126 Å². The molecule has 0 aromatic carbocycles. The molecule has 0 aliphatic carbocycles. The molecule has 0 heterocycles. The van der Waals surface area contributed by atoms with Crippen LogP contribution in [0.3, 0.4) is 0 Å². The lowest BCUT2D eigenvalue weighted by Gasteiger charge is -2.27. The molecule has 0 aliphatic rings. The molecule has 0 saturated heterocycles. The summed E-state index contributed by atoms with van der Waals surface area (Å²) in [5, 5.41) is 0. The highest BCUT2D eigenvalue weighted by molar-refractivity contribution is 7.86. The lowest BCUT2D eigenvalue weighted by molar-refractivity contribution is 0.0507. The average Bonchev–Trinajstić information content (AvgIpc) is 2.08. The highest BCUT2D eigenvalue weighted by atomic mass is 32.2. The van der Waals surface area contributed by atoms with Crippen molar-refractivity contribution >= 4 is 30.4 Å². The summed E-state index contributed by atoms with van der Waals surface area (Å²) in [5.74, 6) is 0. The summed E-state index contributed by atoms with van der Waals surface area (Å²) in [6.45, 7) is 0.790. The Hall–Kier alpha value is -0.270. The van der Waals surface area contributed by atoms with Crippen LogP contribution < -0.4 is 0 Å². The second-order valence-corrected chi connectivity index (χ2v) is 9.65. The van der Waals surface area contributed by atoms with Gasteiger partial charge in [-0.25, -0.2) is 0 Å². The van der Waals surface area contributed by atoms with Crippen LogP contribution in [0, 0.1) is 0 Å². The zero-order valence-electron chi connectivity index (χ0n) is 12.2. The first kappa shape index (κ1) is 20.7. The molecule has 0 unspecified atom stereocenters. The van der Waals surface area contributed by atoms with Gasteiger partial charge in [-0.1, -0.05) is 0 Å². The molecule has 21 heavy (non-hydrogen) atoms. The summed E-state index contributed by atoms with van der Waals surface area (Å²) in [6.07, 6.45) is 2.38. The van der Waals surface area contributed by atoms with Crippen LogP contribution in [0.5, 0.6) is 0 Å². The van der Waals surface area contributed by atoms with Gasteiger partial charge in [0.15, 0.2) is 0 Å². The van der Waals surface area contributed by atoms with E-state index in [4.69, 9.17) is 4.18 Å². The maximum atomic E-state index is 11.2. The Morgan fingerprint density at radius 3 is 1.29 bits per heavy atom. The molecule has 0 spiro atoms. The fourth-order valence-electron chi connectivity index (χ4n) is 1.39. The summed E-state index contributed by atoms with van der Waals surface area (Å²) in [6, 6.07) is 0. The molecule has 0 aromatic rings. The molecule has 0 aromatic heterocycles. The SMILES string of the molecule is CC(CCOS(C)(=O)=O)(CCOS(C)(=O)=O)OS(C)(=O)=O. The Balaban J connectivity index is 4.77. The third-order valence-corrected chi connectivity index (χ3v) is 4.10. The van der Waals surface area contributed by atoms with Gasteiger partial charge in [-0.2, -0.15) is 25.3 Å². The van der Waals surface area contributed by atoms with E-state index in [1.165, 1.54) is 6.92 Å². The molecule has 0 amide bonds. The molecule has 0 atom stereocenters. The van der Waals surface area contributed by atoms with Crippen molar-refractivity contribution in [3.63, 3.8) is 0 Å². The maximum absolute atomic E-state index is 11.2. The maximum Gasteiger partial charge on any atom is 0.264 e. The minimum atomic E-state index is -3.82. The molecule has 0 rings (SSSR count). The second kappa shape index (κ2) is 7.33. The first-order chi connectivity index (χ1) is 9.12. The van der Waals surface area contributed by atoms with Crippen molar-refractivity contribution in [2.45, 2.75) is 25.4 Å². The molecule has 0 aliphatic heterocycles. The van der Waals surface area contributed by atoms with Crippen molar-refractivity contribution in [1.29, 1.82) is 0 Å². The summed E-state index contributed by atoms with van der Waals surface area (Å²) >= 11 is 0. The Bertz CT molecular complexity index is 592. The van der Waals surface area contributed by atoms with E-state index >= 15 is 0 Å². The lowest BCUT2D eigenvalue weighted by Crippen LogP contribution is -2.34. The van der Waals surface area contributed by atoms with Crippen molar-refractivity contribution in [1.82, 2.24) is 0 Å². The van der Waals surface area contributed by atoms with Crippen LogP contribution in [0.4, 0.5) is 0 Å². The fraction of sp³-hybridized carbons (Fsp3) is 1.00. The van der Waals surface area contributed by atoms with E-state index in [9.17, 15) is 25.3 Å². The van der Waals surface area contributed by atoms with Crippen molar-refractivity contribution in [3.05, 3.63) is 0 Å². The number of rotatable bonds is 10. The topological polar surface area (TPSA) is 130 Å². The van der Waals surface area contributed by atoms with Gasteiger partial charge in [0.05, 0.1) is 37.6 Å².